The Morgan fingerprint density at radius 3 is 2.03 bits per heavy atom. The summed E-state index contributed by atoms with van der Waals surface area (Å²) in [6, 6.07) is 9.33. The molecule has 0 saturated carbocycles. The second-order valence-corrected chi connectivity index (χ2v) is 8.08. The Balaban J connectivity index is 2.22. The highest BCUT2D eigenvalue weighted by Crippen LogP contribution is 2.25. The quantitative estimate of drug-likeness (QED) is 0.616. The zero-order chi connectivity index (χ0) is 23.9. The molecule has 0 aliphatic rings. The van der Waals surface area contributed by atoms with E-state index in [2.05, 4.69) is 10.6 Å². The predicted octanol–water partition coefficient (Wildman–Crippen LogP) is 4.57. The Hall–Kier alpha value is -3.23. The van der Waals surface area contributed by atoms with Crippen molar-refractivity contribution in [2.75, 3.05) is 13.7 Å². The second kappa shape index (κ2) is 10.9. The molecule has 0 bridgehead atoms. The van der Waals surface area contributed by atoms with Crippen LogP contribution in [0.3, 0.4) is 0 Å². The first-order valence-electron chi connectivity index (χ1n) is 9.95. The fourth-order valence-electron chi connectivity index (χ4n) is 2.91. The summed E-state index contributed by atoms with van der Waals surface area (Å²) in [5.41, 5.74) is -0.220. The first-order valence-corrected chi connectivity index (χ1v) is 9.95. The van der Waals surface area contributed by atoms with Gasteiger partial charge in [0.25, 0.3) is 6.43 Å². The molecule has 0 aliphatic heterocycles. The predicted molar refractivity (Wildman–Crippen MR) is 113 cm³/mol. The van der Waals surface area contributed by atoms with Crippen molar-refractivity contribution in [3.63, 3.8) is 0 Å². The van der Waals surface area contributed by atoms with Crippen molar-refractivity contribution in [1.82, 2.24) is 10.6 Å². The molecular weight excluding hydrogens is 425 g/mol. The molecule has 2 unspecified atom stereocenters. The summed E-state index contributed by atoms with van der Waals surface area (Å²) in [5.74, 6) is -1.84. The Morgan fingerprint density at radius 2 is 1.53 bits per heavy atom. The monoisotopic (exact) mass is 452 g/mol. The number of carbonyl (C=O) groups excluding carboxylic acids is 2. The van der Waals surface area contributed by atoms with Crippen molar-refractivity contribution < 1.29 is 32.2 Å². The van der Waals surface area contributed by atoms with Crippen LogP contribution in [-0.2, 0) is 9.53 Å². The Bertz CT molecular complexity index is 897. The lowest BCUT2D eigenvalue weighted by molar-refractivity contribution is -0.124. The third kappa shape index (κ3) is 7.47. The number of carbonyl (C=O) groups is 2. The van der Waals surface area contributed by atoms with E-state index in [-0.39, 0.29) is 12.1 Å². The standard InChI is InChI=1S/C23H27F3N2O4/c1-23(2,3)32-22(30)27-13-18(14-5-9-16(24)10-6-14)21(29)28-19(20(25)26)15-7-11-17(31-4)12-8-15/h5-12,18-20H,13H2,1-4H3,(H,27,30)(H,28,29). The molecular formula is C23H27F3N2O4. The lowest BCUT2D eigenvalue weighted by atomic mass is 9.97. The molecule has 32 heavy (non-hydrogen) atoms. The number of amides is 2. The number of rotatable bonds is 8. The molecule has 0 aromatic heterocycles. The summed E-state index contributed by atoms with van der Waals surface area (Å²) in [5, 5.41) is 4.81. The van der Waals surface area contributed by atoms with Crippen molar-refractivity contribution >= 4 is 12.0 Å². The van der Waals surface area contributed by atoms with Crippen LogP contribution in [0.15, 0.2) is 48.5 Å². The summed E-state index contributed by atoms with van der Waals surface area (Å²) in [4.78, 5) is 25.0. The second-order valence-electron chi connectivity index (χ2n) is 8.08. The maximum Gasteiger partial charge on any atom is 0.407 e. The molecule has 0 spiro atoms. The molecule has 2 rings (SSSR count). The number of alkyl halides is 2. The fraction of sp³-hybridized carbons (Fsp3) is 0.391. The van der Waals surface area contributed by atoms with Crippen LogP contribution in [0.5, 0.6) is 5.75 Å². The minimum absolute atomic E-state index is 0.187. The molecule has 174 valence electrons. The lowest BCUT2D eigenvalue weighted by Gasteiger charge is -2.24. The number of hydrogen-bond acceptors (Lipinski definition) is 4. The largest absolute Gasteiger partial charge is 0.497 e. The smallest absolute Gasteiger partial charge is 0.407 e. The fourth-order valence-corrected chi connectivity index (χ4v) is 2.91. The van der Waals surface area contributed by atoms with Crippen LogP contribution < -0.4 is 15.4 Å². The third-order valence-corrected chi connectivity index (χ3v) is 4.46. The van der Waals surface area contributed by atoms with Gasteiger partial charge >= 0.3 is 6.09 Å². The molecule has 0 fully saturated rings. The topological polar surface area (TPSA) is 76.7 Å². The van der Waals surface area contributed by atoms with Crippen LogP contribution in [0.4, 0.5) is 18.0 Å². The number of nitrogens with one attached hydrogen (secondary N) is 2. The van der Waals surface area contributed by atoms with Gasteiger partial charge in [0, 0.05) is 6.54 Å². The number of hydrogen-bond donors (Lipinski definition) is 2. The van der Waals surface area contributed by atoms with Crippen molar-refractivity contribution in [1.29, 1.82) is 0 Å². The van der Waals surface area contributed by atoms with Gasteiger partial charge in [0.1, 0.15) is 23.2 Å². The van der Waals surface area contributed by atoms with Crippen LogP contribution in [0.1, 0.15) is 43.9 Å². The maximum absolute atomic E-state index is 13.8. The van der Waals surface area contributed by atoms with Crippen molar-refractivity contribution in [2.24, 2.45) is 0 Å². The maximum atomic E-state index is 13.8. The molecule has 2 N–H and O–H groups in total. The van der Waals surface area contributed by atoms with Gasteiger partial charge in [0.05, 0.1) is 13.0 Å². The van der Waals surface area contributed by atoms with Gasteiger partial charge in [-0.25, -0.2) is 18.0 Å². The number of methoxy groups -OCH3 is 1. The Morgan fingerprint density at radius 1 is 0.969 bits per heavy atom. The van der Waals surface area contributed by atoms with Crippen LogP contribution in [0.2, 0.25) is 0 Å². The van der Waals surface area contributed by atoms with Crippen LogP contribution in [0, 0.1) is 5.82 Å². The average molecular weight is 452 g/mol. The molecule has 0 heterocycles. The van der Waals surface area contributed by atoms with E-state index in [0.29, 0.717) is 11.3 Å². The van der Waals surface area contributed by atoms with Gasteiger partial charge in [-0.2, -0.15) is 0 Å². The molecule has 2 aromatic rings. The van der Waals surface area contributed by atoms with Crippen LogP contribution >= 0.6 is 0 Å². The lowest BCUT2D eigenvalue weighted by Crippen LogP contribution is -2.42. The summed E-state index contributed by atoms with van der Waals surface area (Å²) >= 11 is 0. The average Bonchev–Trinajstić information content (AvgIpc) is 2.72. The molecule has 2 amide bonds. The molecule has 0 radical (unpaired) electrons. The van der Waals surface area contributed by atoms with Gasteiger partial charge in [-0.3, -0.25) is 4.79 Å². The van der Waals surface area contributed by atoms with Gasteiger partial charge < -0.3 is 20.1 Å². The molecule has 0 saturated heterocycles. The SMILES string of the molecule is COc1ccc(C(NC(=O)C(CNC(=O)OC(C)(C)C)c2ccc(F)cc2)C(F)F)cc1. The Kier molecular flexibility index (Phi) is 8.51. The first kappa shape index (κ1) is 25.0. The van der Waals surface area contributed by atoms with Crippen LogP contribution in [0.25, 0.3) is 0 Å². The van der Waals surface area contributed by atoms with Crippen LogP contribution in [-0.4, -0.2) is 37.7 Å². The molecule has 2 aromatic carbocycles. The number of ether oxygens (including phenoxy) is 2. The van der Waals surface area contributed by atoms with E-state index in [1.165, 1.54) is 43.5 Å². The van der Waals surface area contributed by atoms with Gasteiger partial charge in [-0.15, -0.1) is 0 Å². The van der Waals surface area contributed by atoms with E-state index in [1.807, 2.05) is 0 Å². The van der Waals surface area contributed by atoms with E-state index >= 15 is 0 Å². The summed E-state index contributed by atoms with van der Waals surface area (Å²) in [7, 11) is 1.45. The summed E-state index contributed by atoms with van der Waals surface area (Å²) < 4.78 is 51.1. The van der Waals surface area contributed by atoms with Gasteiger partial charge in [0.2, 0.25) is 5.91 Å². The van der Waals surface area contributed by atoms with E-state index in [1.54, 1.807) is 20.8 Å². The van der Waals surface area contributed by atoms with Gasteiger partial charge in [-0.1, -0.05) is 24.3 Å². The zero-order valence-corrected chi connectivity index (χ0v) is 18.3. The minimum Gasteiger partial charge on any atom is -0.497 e. The van der Waals surface area contributed by atoms with E-state index in [4.69, 9.17) is 9.47 Å². The van der Waals surface area contributed by atoms with E-state index in [9.17, 15) is 22.8 Å². The highest BCUT2D eigenvalue weighted by atomic mass is 19.3. The minimum atomic E-state index is -2.89. The normalized spacial score (nSPS) is 13.2. The van der Waals surface area contributed by atoms with E-state index < -0.39 is 41.8 Å². The molecule has 0 aliphatic carbocycles. The van der Waals surface area contributed by atoms with Crippen molar-refractivity contribution in [2.45, 2.75) is 44.8 Å². The third-order valence-electron chi connectivity index (χ3n) is 4.46. The number of alkyl carbamates (subject to hydrolysis) is 1. The first-order chi connectivity index (χ1) is 15.0. The van der Waals surface area contributed by atoms with Crippen molar-refractivity contribution in [3.8, 4) is 5.75 Å². The summed E-state index contributed by atoms with van der Waals surface area (Å²) in [6.45, 7) is 4.81. The molecule has 9 heteroatoms. The highest BCUT2D eigenvalue weighted by Gasteiger charge is 2.30. The van der Waals surface area contributed by atoms with Gasteiger partial charge in [0.15, 0.2) is 0 Å². The van der Waals surface area contributed by atoms with Gasteiger partial charge in [-0.05, 0) is 56.2 Å². The number of benzene rings is 2. The van der Waals surface area contributed by atoms with Crippen molar-refractivity contribution in [3.05, 3.63) is 65.5 Å². The molecule has 6 nitrogen and oxygen atoms in total. The highest BCUT2D eigenvalue weighted by molar-refractivity contribution is 5.85. The number of halogens is 3. The Labute approximate surface area is 185 Å². The summed E-state index contributed by atoms with van der Waals surface area (Å²) in [6.07, 6.45) is -3.65. The van der Waals surface area contributed by atoms with E-state index in [0.717, 1.165) is 12.1 Å². The molecule has 2 atom stereocenters. The zero-order valence-electron chi connectivity index (χ0n) is 18.3.